The number of ether oxygens (including phenoxy) is 3. The highest BCUT2D eigenvalue weighted by molar-refractivity contribution is 8.29. The van der Waals surface area contributed by atoms with Crippen LogP contribution in [0.4, 0.5) is 5.69 Å². The summed E-state index contributed by atoms with van der Waals surface area (Å²) >= 11 is 9.62. The zero-order valence-corrected chi connectivity index (χ0v) is 25.5. The number of nitrogens with zero attached hydrogens (tertiary/aromatic N) is 2. The zero-order valence-electron chi connectivity index (χ0n) is 22.2. The van der Waals surface area contributed by atoms with E-state index in [1.54, 1.807) is 4.90 Å². The summed E-state index contributed by atoms with van der Waals surface area (Å²) in [6.07, 6.45) is 0. The SMILES string of the molecule is COC(=O)C1=C(C(=O)OC)SC(=C2C(=S)C(C)(C)N(C(=O)COc3nc4ccccc4s3)c3cc(C)ccc32)S1. The van der Waals surface area contributed by atoms with Gasteiger partial charge in [-0.25, -0.2) is 14.6 Å². The van der Waals surface area contributed by atoms with Crippen molar-refractivity contribution in [2.45, 2.75) is 26.3 Å². The minimum absolute atomic E-state index is 0.138. The Kier molecular flexibility index (Phi) is 7.79. The molecule has 2 aliphatic heterocycles. The molecule has 1 aromatic heterocycles. The molecule has 0 saturated carbocycles. The van der Waals surface area contributed by atoms with E-state index in [9.17, 15) is 14.4 Å². The van der Waals surface area contributed by atoms with E-state index in [0.717, 1.165) is 39.3 Å². The van der Waals surface area contributed by atoms with Gasteiger partial charge in [-0.3, -0.25) is 9.69 Å². The van der Waals surface area contributed by atoms with E-state index in [1.807, 2.05) is 63.2 Å². The molecule has 0 unspecified atom stereocenters. The molecular weight excluding hydrogens is 589 g/mol. The number of fused-ring (bicyclic) bond motifs is 2. The van der Waals surface area contributed by atoms with Crippen molar-refractivity contribution in [3.63, 3.8) is 0 Å². The third-order valence-corrected chi connectivity index (χ3v) is 10.6. The number of thiocarbonyl (C=S) groups is 1. The number of para-hydroxylation sites is 1. The van der Waals surface area contributed by atoms with Crippen LogP contribution < -0.4 is 9.64 Å². The van der Waals surface area contributed by atoms with Gasteiger partial charge in [-0.2, -0.15) is 0 Å². The highest BCUT2D eigenvalue weighted by Crippen LogP contribution is 2.56. The number of benzene rings is 2. The zero-order chi connectivity index (χ0) is 28.8. The number of esters is 2. The first-order valence-electron chi connectivity index (χ1n) is 12.0. The number of hydrogen-bond acceptors (Lipinski definition) is 11. The van der Waals surface area contributed by atoms with Gasteiger partial charge >= 0.3 is 11.9 Å². The Hall–Kier alpha value is -3.19. The lowest BCUT2D eigenvalue weighted by atomic mass is 9.83. The molecule has 0 N–H and O–H groups in total. The molecule has 8 nitrogen and oxygen atoms in total. The van der Waals surface area contributed by atoms with Crippen LogP contribution in [0.2, 0.25) is 0 Å². The van der Waals surface area contributed by atoms with E-state index in [2.05, 4.69) is 4.98 Å². The Morgan fingerprint density at radius 1 is 1.00 bits per heavy atom. The molecule has 3 heterocycles. The Bertz CT molecular complexity index is 1590. The lowest BCUT2D eigenvalue weighted by Gasteiger charge is -2.45. The van der Waals surface area contributed by atoms with Gasteiger partial charge in [0.1, 0.15) is 9.81 Å². The predicted octanol–water partition coefficient (Wildman–Crippen LogP) is 5.89. The number of hydrogen-bond donors (Lipinski definition) is 0. The highest BCUT2D eigenvalue weighted by Gasteiger charge is 2.46. The topological polar surface area (TPSA) is 95.0 Å². The second kappa shape index (κ2) is 11.0. The van der Waals surface area contributed by atoms with Crippen molar-refractivity contribution in [3.8, 4) is 5.19 Å². The van der Waals surface area contributed by atoms with Crippen LogP contribution in [0.3, 0.4) is 0 Å². The second-order valence-corrected chi connectivity index (χ2v) is 13.1. The number of aromatic nitrogens is 1. The fourth-order valence-corrected chi connectivity index (χ4v) is 8.32. The molecule has 2 aromatic carbocycles. The van der Waals surface area contributed by atoms with Gasteiger partial charge in [0.2, 0.25) is 0 Å². The number of aryl methyl sites for hydroxylation is 1. The first kappa shape index (κ1) is 28.3. The van der Waals surface area contributed by atoms with Gasteiger partial charge in [0, 0.05) is 11.1 Å². The Balaban J connectivity index is 1.53. The molecule has 0 atom stereocenters. The van der Waals surface area contributed by atoms with Crippen LogP contribution in [-0.2, 0) is 23.9 Å². The number of carbonyl (C=O) groups excluding carboxylic acids is 3. The molecule has 0 aliphatic carbocycles. The van der Waals surface area contributed by atoms with Crippen molar-refractivity contribution in [2.75, 3.05) is 25.7 Å². The van der Waals surface area contributed by atoms with Crippen LogP contribution in [0.25, 0.3) is 15.8 Å². The summed E-state index contributed by atoms with van der Waals surface area (Å²) in [5.74, 6) is -1.55. The maximum absolute atomic E-state index is 13.8. The molecule has 1 amide bonds. The summed E-state index contributed by atoms with van der Waals surface area (Å²) in [7, 11) is 2.51. The number of amides is 1. The lowest BCUT2D eigenvalue weighted by Crippen LogP contribution is -2.57. The molecule has 0 bridgehead atoms. The Labute approximate surface area is 248 Å². The minimum Gasteiger partial charge on any atom is -0.465 e. The molecule has 3 aromatic rings. The van der Waals surface area contributed by atoms with Crippen LogP contribution in [0.1, 0.15) is 25.0 Å². The summed E-state index contributed by atoms with van der Waals surface area (Å²) in [4.78, 5) is 45.7. The highest BCUT2D eigenvalue weighted by atomic mass is 32.2. The Morgan fingerprint density at radius 3 is 2.27 bits per heavy atom. The molecule has 2 aliphatic rings. The molecule has 5 rings (SSSR count). The molecule has 206 valence electrons. The van der Waals surface area contributed by atoms with E-state index in [1.165, 1.54) is 25.6 Å². The maximum atomic E-state index is 13.8. The van der Waals surface area contributed by atoms with E-state index in [-0.39, 0.29) is 22.3 Å². The molecule has 0 fully saturated rings. The average Bonchev–Trinajstić information content (AvgIpc) is 3.56. The first-order chi connectivity index (χ1) is 19.1. The van der Waals surface area contributed by atoms with E-state index in [4.69, 9.17) is 26.4 Å². The summed E-state index contributed by atoms with van der Waals surface area (Å²) in [6.45, 7) is 5.46. The Morgan fingerprint density at radius 2 is 1.65 bits per heavy atom. The third kappa shape index (κ3) is 4.93. The lowest BCUT2D eigenvalue weighted by molar-refractivity contribution is -0.138. The van der Waals surface area contributed by atoms with Gasteiger partial charge < -0.3 is 14.2 Å². The van der Waals surface area contributed by atoms with Crippen molar-refractivity contribution < 1.29 is 28.6 Å². The summed E-state index contributed by atoms with van der Waals surface area (Å²) < 4.78 is 17.3. The minimum atomic E-state index is -0.937. The number of anilines is 1. The molecule has 0 spiro atoms. The number of carbonyl (C=O) groups is 3. The fourth-order valence-electron chi connectivity index (χ4n) is 4.47. The monoisotopic (exact) mass is 612 g/mol. The largest absolute Gasteiger partial charge is 0.465 e. The molecule has 0 radical (unpaired) electrons. The number of thioether (sulfide) groups is 2. The number of thiazole rings is 1. The fraction of sp³-hybridized carbons (Fsp3) is 0.250. The number of rotatable bonds is 5. The standard InChI is InChI=1S/C28H24N2O6S4/c1-14-10-11-15-17(12-14)30(19(31)13-36-27-29-16-8-6-7-9-18(16)38-27)28(2,3)23(37)20(15)26-39-21(24(32)34-4)22(40-26)25(33)35-5/h6-12H,13H2,1-5H3. The average molecular weight is 613 g/mol. The van der Waals surface area contributed by atoms with Gasteiger partial charge in [-0.1, -0.05) is 71.3 Å². The molecular formula is C28H24N2O6S4. The first-order valence-corrected chi connectivity index (χ1v) is 14.9. The summed E-state index contributed by atoms with van der Waals surface area (Å²) in [6, 6.07) is 13.4. The normalized spacial score (nSPS) is 16.3. The van der Waals surface area contributed by atoms with Crippen LogP contribution in [0, 0.1) is 6.92 Å². The van der Waals surface area contributed by atoms with Crippen molar-refractivity contribution in [1.82, 2.24) is 4.98 Å². The quantitative estimate of drug-likeness (QED) is 0.197. The van der Waals surface area contributed by atoms with Gasteiger partial charge in [0.15, 0.2) is 6.61 Å². The summed E-state index contributed by atoms with van der Waals surface area (Å²) in [5, 5.41) is 0.412. The van der Waals surface area contributed by atoms with Crippen LogP contribution >= 0.6 is 47.1 Å². The van der Waals surface area contributed by atoms with Gasteiger partial charge in [0.05, 0.1) is 44.8 Å². The van der Waals surface area contributed by atoms with E-state index >= 15 is 0 Å². The van der Waals surface area contributed by atoms with E-state index in [0.29, 0.717) is 31.1 Å². The van der Waals surface area contributed by atoms with Crippen molar-refractivity contribution in [3.05, 3.63) is 67.6 Å². The van der Waals surface area contributed by atoms with Crippen molar-refractivity contribution in [1.29, 1.82) is 0 Å². The summed E-state index contributed by atoms with van der Waals surface area (Å²) in [5.41, 5.74) is 2.88. The second-order valence-electron chi connectivity index (χ2n) is 9.38. The van der Waals surface area contributed by atoms with Crippen LogP contribution in [0.5, 0.6) is 5.19 Å². The van der Waals surface area contributed by atoms with Crippen molar-refractivity contribution >= 4 is 91.3 Å². The molecule has 40 heavy (non-hydrogen) atoms. The molecule has 0 saturated heterocycles. The van der Waals surface area contributed by atoms with Crippen LogP contribution in [0.15, 0.2) is 56.5 Å². The maximum Gasteiger partial charge on any atom is 0.346 e. The number of methoxy groups -OCH3 is 2. The van der Waals surface area contributed by atoms with Crippen molar-refractivity contribution in [2.24, 2.45) is 0 Å². The van der Waals surface area contributed by atoms with Gasteiger partial charge in [-0.15, -0.1) is 0 Å². The van der Waals surface area contributed by atoms with Gasteiger partial charge in [-0.05, 0) is 44.5 Å². The van der Waals surface area contributed by atoms with E-state index < -0.39 is 17.5 Å². The smallest absolute Gasteiger partial charge is 0.346 e. The predicted molar refractivity (Wildman–Crippen MR) is 164 cm³/mol. The third-order valence-electron chi connectivity index (χ3n) is 6.39. The molecule has 12 heteroatoms. The van der Waals surface area contributed by atoms with Gasteiger partial charge in [0.25, 0.3) is 11.1 Å². The van der Waals surface area contributed by atoms with Crippen LogP contribution in [-0.4, -0.2) is 54.1 Å².